The standard InChI is InChI=1S/C14H16BP/c1-12(13-8-4-2-5-9-13)16-15-14-10-6-3-7-11-14/h2-12,15-16H,1H3. The highest BCUT2D eigenvalue weighted by Crippen LogP contribution is 2.31. The van der Waals surface area contributed by atoms with E-state index in [2.05, 4.69) is 67.6 Å². The lowest BCUT2D eigenvalue weighted by Gasteiger charge is -2.11. The Balaban J connectivity index is 1.92. The predicted molar refractivity (Wildman–Crippen MR) is 76.4 cm³/mol. The minimum atomic E-state index is 0.668. The predicted octanol–water partition coefficient (Wildman–Crippen LogP) is 3.10. The van der Waals surface area contributed by atoms with Crippen molar-refractivity contribution >= 4 is 20.9 Å². The van der Waals surface area contributed by atoms with E-state index in [0.717, 1.165) is 8.46 Å². The van der Waals surface area contributed by atoms with Crippen LogP contribution in [0, 0.1) is 0 Å². The maximum absolute atomic E-state index is 2.32. The second-order valence-corrected chi connectivity index (χ2v) is 5.63. The lowest BCUT2D eigenvalue weighted by molar-refractivity contribution is 1.10. The summed E-state index contributed by atoms with van der Waals surface area (Å²) in [4.78, 5) is 0. The smallest absolute Gasteiger partial charge is 0.146 e. The molecule has 0 fully saturated rings. The van der Waals surface area contributed by atoms with Crippen molar-refractivity contribution in [1.29, 1.82) is 0 Å². The monoisotopic (exact) mass is 226 g/mol. The van der Waals surface area contributed by atoms with Crippen LogP contribution in [0.25, 0.3) is 0 Å². The summed E-state index contributed by atoms with van der Waals surface area (Å²) < 4.78 is 0. The zero-order valence-electron chi connectivity index (χ0n) is 9.56. The third-order valence-electron chi connectivity index (χ3n) is 2.75. The van der Waals surface area contributed by atoms with Crippen LogP contribution in [0.4, 0.5) is 0 Å². The van der Waals surface area contributed by atoms with Gasteiger partial charge in [-0.15, -0.1) is 8.46 Å². The van der Waals surface area contributed by atoms with E-state index in [1.165, 1.54) is 18.0 Å². The van der Waals surface area contributed by atoms with Gasteiger partial charge in [-0.3, -0.25) is 0 Å². The van der Waals surface area contributed by atoms with Gasteiger partial charge in [-0.1, -0.05) is 73.1 Å². The van der Waals surface area contributed by atoms with E-state index in [1.807, 2.05) is 0 Å². The number of benzene rings is 2. The first-order valence-corrected chi connectivity index (χ1v) is 6.97. The zero-order chi connectivity index (χ0) is 11.2. The summed E-state index contributed by atoms with van der Waals surface area (Å²) in [6.45, 7) is 3.51. The van der Waals surface area contributed by atoms with Crippen molar-refractivity contribution in [1.82, 2.24) is 0 Å². The van der Waals surface area contributed by atoms with Crippen LogP contribution in [0.5, 0.6) is 0 Å². The van der Waals surface area contributed by atoms with Gasteiger partial charge < -0.3 is 0 Å². The molecule has 0 heterocycles. The molecular formula is C14H16BP. The fraction of sp³-hybridized carbons (Fsp3) is 0.143. The molecule has 0 aliphatic heterocycles. The van der Waals surface area contributed by atoms with Gasteiger partial charge in [0.25, 0.3) is 0 Å². The Bertz CT molecular complexity index is 413. The fourth-order valence-corrected chi connectivity index (χ4v) is 2.93. The third kappa shape index (κ3) is 3.22. The molecule has 16 heavy (non-hydrogen) atoms. The van der Waals surface area contributed by atoms with Gasteiger partial charge in [0.1, 0.15) is 0 Å². The zero-order valence-corrected chi connectivity index (χ0v) is 10.6. The summed E-state index contributed by atoms with van der Waals surface area (Å²) in [6.07, 6.45) is 0. The Morgan fingerprint density at radius 3 is 2.06 bits per heavy atom. The first-order chi connectivity index (χ1) is 7.86. The van der Waals surface area contributed by atoms with E-state index in [9.17, 15) is 0 Å². The van der Waals surface area contributed by atoms with Gasteiger partial charge in [-0.2, -0.15) is 0 Å². The molecule has 2 rings (SSSR count). The maximum atomic E-state index is 2.32. The molecule has 0 nitrogen and oxygen atoms in total. The van der Waals surface area contributed by atoms with E-state index in [1.54, 1.807) is 0 Å². The van der Waals surface area contributed by atoms with E-state index in [4.69, 9.17) is 0 Å². The van der Waals surface area contributed by atoms with Crippen molar-refractivity contribution in [2.45, 2.75) is 12.6 Å². The van der Waals surface area contributed by atoms with Crippen LogP contribution in [-0.4, -0.2) is 7.00 Å². The molecule has 2 aromatic rings. The van der Waals surface area contributed by atoms with Crippen LogP contribution in [0.1, 0.15) is 18.1 Å². The van der Waals surface area contributed by atoms with Crippen molar-refractivity contribution in [3.05, 3.63) is 66.2 Å². The van der Waals surface area contributed by atoms with Gasteiger partial charge >= 0.3 is 0 Å². The molecule has 0 radical (unpaired) electrons. The van der Waals surface area contributed by atoms with E-state index < -0.39 is 0 Å². The highest BCUT2D eigenvalue weighted by atomic mass is 31.1. The average Bonchev–Trinajstić information content (AvgIpc) is 2.38. The molecule has 0 spiro atoms. The number of hydrogen-bond acceptors (Lipinski definition) is 0. The maximum Gasteiger partial charge on any atom is 0.184 e. The molecule has 0 saturated carbocycles. The van der Waals surface area contributed by atoms with E-state index in [-0.39, 0.29) is 0 Å². The first-order valence-electron chi connectivity index (χ1n) is 5.68. The van der Waals surface area contributed by atoms with Crippen molar-refractivity contribution in [3.8, 4) is 0 Å². The van der Waals surface area contributed by atoms with Gasteiger partial charge in [-0.05, 0) is 11.2 Å². The molecule has 0 aliphatic rings. The van der Waals surface area contributed by atoms with Crippen LogP contribution in [0.15, 0.2) is 60.7 Å². The second-order valence-electron chi connectivity index (χ2n) is 4.00. The summed E-state index contributed by atoms with van der Waals surface area (Å²) in [5.74, 6) is 0. The van der Waals surface area contributed by atoms with Crippen LogP contribution >= 0.6 is 8.46 Å². The summed E-state index contributed by atoms with van der Waals surface area (Å²) in [7, 11) is 0.961. The molecule has 0 aromatic heterocycles. The quantitative estimate of drug-likeness (QED) is 0.555. The largest absolute Gasteiger partial charge is 0.184 e. The van der Waals surface area contributed by atoms with Crippen LogP contribution in [0.3, 0.4) is 0 Å². The first kappa shape index (κ1) is 11.4. The van der Waals surface area contributed by atoms with Crippen molar-refractivity contribution in [2.75, 3.05) is 0 Å². The number of hydrogen-bond donors (Lipinski definition) is 0. The van der Waals surface area contributed by atoms with E-state index >= 15 is 0 Å². The lowest BCUT2D eigenvalue weighted by atomic mass is 9.95. The van der Waals surface area contributed by atoms with E-state index in [0.29, 0.717) is 5.66 Å². The SMILES string of the molecule is CC(PBc1ccccc1)c1ccccc1. The Kier molecular flexibility index (Phi) is 4.19. The van der Waals surface area contributed by atoms with Crippen LogP contribution < -0.4 is 5.46 Å². The topological polar surface area (TPSA) is 0 Å². The molecule has 2 heteroatoms. The van der Waals surface area contributed by atoms with Gasteiger partial charge in [0.15, 0.2) is 7.00 Å². The summed E-state index contributed by atoms with van der Waals surface area (Å²) in [5, 5.41) is 0. The molecule has 0 bridgehead atoms. The van der Waals surface area contributed by atoms with Crippen LogP contribution in [-0.2, 0) is 0 Å². The van der Waals surface area contributed by atoms with Gasteiger partial charge in [0.05, 0.1) is 0 Å². The summed E-state index contributed by atoms with van der Waals surface area (Å²) in [6, 6.07) is 21.5. The third-order valence-corrected chi connectivity index (χ3v) is 4.31. The molecule has 0 amide bonds. The minimum absolute atomic E-state index is 0.668. The Labute approximate surface area is 100 Å². The summed E-state index contributed by atoms with van der Waals surface area (Å²) in [5.41, 5.74) is 3.57. The van der Waals surface area contributed by atoms with Crippen molar-refractivity contribution < 1.29 is 0 Å². The molecule has 0 N–H and O–H groups in total. The minimum Gasteiger partial charge on any atom is -0.146 e. The van der Waals surface area contributed by atoms with Gasteiger partial charge in [-0.25, -0.2) is 0 Å². The highest BCUT2D eigenvalue weighted by Gasteiger charge is 2.05. The molecule has 80 valence electrons. The Hall–Kier alpha value is -1.07. The molecule has 0 saturated heterocycles. The molecule has 0 aliphatic carbocycles. The molecular weight excluding hydrogens is 210 g/mol. The van der Waals surface area contributed by atoms with Crippen LogP contribution in [0.2, 0.25) is 0 Å². The fourth-order valence-electron chi connectivity index (χ4n) is 1.73. The number of rotatable bonds is 4. The summed E-state index contributed by atoms with van der Waals surface area (Å²) >= 11 is 0. The van der Waals surface area contributed by atoms with Crippen molar-refractivity contribution in [3.63, 3.8) is 0 Å². The average molecular weight is 226 g/mol. The lowest BCUT2D eigenvalue weighted by Crippen LogP contribution is -2.09. The Morgan fingerprint density at radius 2 is 1.44 bits per heavy atom. The normalized spacial score (nSPS) is 12.8. The molecule has 2 atom stereocenters. The Morgan fingerprint density at radius 1 is 0.875 bits per heavy atom. The van der Waals surface area contributed by atoms with Crippen molar-refractivity contribution in [2.24, 2.45) is 0 Å². The second kappa shape index (κ2) is 5.87. The van der Waals surface area contributed by atoms with Gasteiger partial charge in [0, 0.05) is 0 Å². The molecule has 2 unspecified atom stereocenters. The highest BCUT2D eigenvalue weighted by molar-refractivity contribution is 7.73. The van der Waals surface area contributed by atoms with Gasteiger partial charge in [0.2, 0.25) is 0 Å². The molecule has 2 aromatic carbocycles.